The first-order valence-corrected chi connectivity index (χ1v) is 5.62. The van der Waals surface area contributed by atoms with E-state index in [0.29, 0.717) is 0 Å². The highest BCUT2D eigenvalue weighted by atomic mass is 35.5. The average molecular weight is 265 g/mol. The van der Waals surface area contributed by atoms with Crippen LogP contribution < -0.4 is 4.90 Å². The molecule has 0 bridgehead atoms. The third-order valence-electron chi connectivity index (χ3n) is 2.51. The molecular formula is C13H10ClFN2O. The summed E-state index contributed by atoms with van der Waals surface area (Å²) >= 11 is 5.84. The van der Waals surface area contributed by atoms with Crippen LogP contribution in [0.5, 0.6) is 0 Å². The molecule has 18 heavy (non-hydrogen) atoms. The third kappa shape index (κ3) is 2.33. The van der Waals surface area contributed by atoms with Crippen LogP contribution in [0.1, 0.15) is 10.4 Å². The van der Waals surface area contributed by atoms with Crippen LogP contribution in [0.25, 0.3) is 0 Å². The zero-order chi connectivity index (χ0) is 13.1. The zero-order valence-electron chi connectivity index (χ0n) is 9.60. The Hall–Kier alpha value is -1.94. The van der Waals surface area contributed by atoms with E-state index >= 15 is 0 Å². The standard InChI is InChI=1S/C13H10ClFN2O/c1-17(11-7-3-2-6-10(11)15)13(18)9-5-4-8-16-12(9)14/h2-8H,1H3. The molecule has 92 valence electrons. The van der Waals surface area contributed by atoms with Crippen molar-refractivity contribution in [3.05, 3.63) is 59.1 Å². The van der Waals surface area contributed by atoms with E-state index in [1.54, 1.807) is 24.3 Å². The molecule has 0 unspecified atom stereocenters. The van der Waals surface area contributed by atoms with Crippen molar-refractivity contribution in [1.82, 2.24) is 4.98 Å². The van der Waals surface area contributed by atoms with Gasteiger partial charge >= 0.3 is 0 Å². The first-order chi connectivity index (χ1) is 8.61. The van der Waals surface area contributed by atoms with Crippen LogP contribution in [0.15, 0.2) is 42.6 Å². The second kappa shape index (κ2) is 5.14. The maximum absolute atomic E-state index is 13.6. The van der Waals surface area contributed by atoms with Gasteiger partial charge in [-0.05, 0) is 24.3 Å². The maximum Gasteiger partial charge on any atom is 0.261 e. The summed E-state index contributed by atoms with van der Waals surface area (Å²) in [6.07, 6.45) is 1.49. The molecule has 0 atom stereocenters. The zero-order valence-corrected chi connectivity index (χ0v) is 10.4. The van der Waals surface area contributed by atoms with E-state index in [9.17, 15) is 9.18 Å². The molecule has 3 nitrogen and oxygen atoms in total. The molecule has 0 N–H and O–H groups in total. The lowest BCUT2D eigenvalue weighted by Crippen LogP contribution is -2.27. The van der Waals surface area contributed by atoms with E-state index in [1.165, 1.54) is 30.3 Å². The van der Waals surface area contributed by atoms with Crippen molar-refractivity contribution < 1.29 is 9.18 Å². The fourth-order valence-electron chi connectivity index (χ4n) is 1.56. The van der Waals surface area contributed by atoms with Crippen molar-refractivity contribution >= 4 is 23.2 Å². The lowest BCUT2D eigenvalue weighted by atomic mass is 10.2. The van der Waals surface area contributed by atoms with E-state index in [1.807, 2.05) is 0 Å². The van der Waals surface area contributed by atoms with Crippen LogP contribution in [0.4, 0.5) is 10.1 Å². The van der Waals surface area contributed by atoms with Gasteiger partial charge in [0.05, 0.1) is 11.3 Å². The number of amides is 1. The third-order valence-corrected chi connectivity index (χ3v) is 2.81. The van der Waals surface area contributed by atoms with E-state index in [2.05, 4.69) is 4.98 Å². The number of nitrogens with zero attached hydrogens (tertiary/aromatic N) is 2. The average Bonchev–Trinajstić information content (AvgIpc) is 2.38. The highest BCUT2D eigenvalue weighted by Gasteiger charge is 2.18. The molecule has 1 aromatic carbocycles. The van der Waals surface area contributed by atoms with Crippen LogP contribution in [-0.4, -0.2) is 17.9 Å². The van der Waals surface area contributed by atoms with E-state index < -0.39 is 11.7 Å². The lowest BCUT2D eigenvalue weighted by molar-refractivity contribution is 0.0992. The summed E-state index contributed by atoms with van der Waals surface area (Å²) in [4.78, 5) is 17.2. The van der Waals surface area contributed by atoms with Gasteiger partial charge in [0.25, 0.3) is 5.91 Å². The Balaban J connectivity index is 2.36. The van der Waals surface area contributed by atoms with Gasteiger partial charge in [-0.1, -0.05) is 23.7 Å². The molecule has 1 aromatic heterocycles. The molecule has 2 aromatic rings. The van der Waals surface area contributed by atoms with Gasteiger partial charge in [-0.25, -0.2) is 9.37 Å². The Kier molecular flexibility index (Phi) is 3.58. The summed E-state index contributed by atoms with van der Waals surface area (Å²) in [6, 6.07) is 9.20. The van der Waals surface area contributed by atoms with Gasteiger partial charge in [-0.2, -0.15) is 0 Å². The van der Waals surface area contributed by atoms with E-state index in [4.69, 9.17) is 11.6 Å². The number of halogens is 2. The number of hydrogen-bond donors (Lipinski definition) is 0. The second-order valence-corrected chi connectivity index (χ2v) is 4.02. The van der Waals surface area contributed by atoms with Gasteiger partial charge in [-0.3, -0.25) is 4.79 Å². The monoisotopic (exact) mass is 264 g/mol. The molecule has 0 saturated heterocycles. The molecule has 0 aliphatic carbocycles. The van der Waals surface area contributed by atoms with Crippen LogP contribution >= 0.6 is 11.6 Å². The molecule has 1 heterocycles. The van der Waals surface area contributed by atoms with Gasteiger partial charge in [0.1, 0.15) is 11.0 Å². The molecule has 0 spiro atoms. The number of aromatic nitrogens is 1. The topological polar surface area (TPSA) is 33.2 Å². The maximum atomic E-state index is 13.6. The largest absolute Gasteiger partial charge is 0.309 e. The number of pyridine rings is 1. The van der Waals surface area contributed by atoms with Crippen molar-refractivity contribution in [3.8, 4) is 0 Å². The van der Waals surface area contributed by atoms with Gasteiger partial charge < -0.3 is 4.90 Å². The Morgan fingerprint density at radius 1 is 1.28 bits per heavy atom. The fraction of sp³-hybridized carbons (Fsp3) is 0.0769. The first kappa shape index (κ1) is 12.5. The number of carbonyl (C=O) groups is 1. The highest BCUT2D eigenvalue weighted by Crippen LogP contribution is 2.21. The minimum atomic E-state index is -0.464. The van der Waals surface area contributed by atoms with Gasteiger partial charge in [0.15, 0.2) is 0 Å². The smallest absolute Gasteiger partial charge is 0.261 e. The summed E-state index contributed by atoms with van der Waals surface area (Å²) < 4.78 is 13.6. The number of anilines is 1. The molecule has 0 fully saturated rings. The molecule has 0 aliphatic heterocycles. The number of rotatable bonds is 2. The predicted molar refractivity (Wildman–Crippen MR) is 68.4 cm³/mol. The van der Waals surface area contributed by atoms with Crippen molar-refractivity contribution in [1.29, 1.82) is 0 Å². The molecule has 0 aliphatic rings. The number of benzene rings is 1. The summed E-state index contributed by atoms with van der Waals surface area (Å²) in [5, 5.41) is 0.102. The summed E-state index contributed by atoms with van der Waals surface area (Å²) in [7, 11) is 1.49. The molecule has 0 saturated carbocycles. The number of para-hydroxylation sites is 1. The molecule has 2 rings (SSSR count). The highest BCUT2D eigenvalue weighted by molar-refractivity contribution is 6.33. The Morgan fingerprint density at radius 3 is 2.67 bits per heavy atom. The van der Waals surface area contributed by atoms with E-state index in [0.717, 1.165) is 0 Å². The first-order valence-electron chi connectivity index (χ1n) is 5.24. The van der Waals surface area contributed by atoms with Crippen LogP contribution in [0, 0.1) is 5.82 Å². The summed E-state index contributed by atoms with van der Waals surface area (Å²) in [5.41, 5.74) is 0.437. The van der Waals surface area contributed by atoms with Crippen molar-refractivity contribution in [3.63, 3.8) is 0 Å². The summed E-state index contributed by atoms with van der Waals surface area (Å²) in [6.45, 7) is 0. The van der Waals surface area contributed by atoms with Crippen molar-refractivity contribution in [2.24, 2.45) is 0 Å². The second-order valence-electron chi connectivity index (χ2n) is 3.66. The predicted octanol–water partition coefficient (Wildman–Crippen LogP) is 3.15. The Labute approximate surface area is 109 Å². The Morgan fingerprint density at radius 2 is 2.00 bits per heavy atom. The van der Waals surface area contributed by atoms with Crippen molar-refractivity contribution in [2.75, 3.05) is 11.9 Å². The van der Waals surface area contributed by atoms with Gasteiger partial charge in [0, 0.05) is 13.2 Å². The fourth-order valence-corrected chi connectivity index (χ4v) is 1.76. The Bertz CT molecular complexity index is 589. The van der Waals surface area contributed by atoms with Crippen molar-refractivity contribution in [2.45, 2.75) is 0 Å². The summed E-state index contributed by atoms with van der Waals surface area (Å²) in [5.74, 6) is -0.869. The minimum Gasteiger partial charge on any atom is -0.309 e. The minimum absolute atomic E-state index is 0.102. The molecule has 0 radical (unpaired) electrons. The lowest BCUT2D eigenvalue weighted by Gasteiger charge is -2.18. The molecule has 1 amide bonds. The normalized spacial score (nSPS) is 10.2. The SMILES string of the molecule is CN(C(=O)c1cccnc1Cl)c1ccccc1F. The van der Waals surface area contributed by atoms with Gasteiger partial charge in [-0.15, -0.1) is 0 Å². The quantitative estimate of drug-likeness (QED) is 0.781. The van der Waals surface area contributed by atoms with Crippen LogP contribution in [0.3, 0.4) is 0 Å². The van der Waals surface area contributed by atoms with E-state index in [-0.39, 0.29) is 16.4 Å². The number of carbonyl (C=O) groups excluding carboxylic acids is 1. The molecule has 5 heteroatoms. The number of hydrogen-bond acceptors (Lipinski definition) is 2. The molecular weight excluding hydrogens is 255 g/mol. The van der Waals surface area contributed by atoms with Crippen LogP contribution in [0.2, 0.25) is 5.15 Å². The van der Waals surface area contributed by atoms with Gasteiger partial charge in [0.2, 0.25) is 0 Å². The van der Waals surface area contributed by atoms with Crippen LogP contribution in [-0.2, 0) is 0 Å².